The Kier molecular flexibility index (Phi) is 3.01. The standard InChI is InChI=1S/C13H7Cl6NO4/c14-7-8(15)12(17)4-3(11(7,16)13(12,18)19)5-1-2(6(4)24-5)10(22)20(23)9(1)21/h1-6,23H. The molecule has 11 heteroatoms. The van der Waals surface area contributed by atoms with E-state index < -0.39 is 61.8 Å². The molecule has 4 fully saturated rings. The number of ether oxygens (including phenoxy) is 1. The zero-order chi connectivity index (χ0) is 17.6. The van der Waals surface area contributed by atoms with E-state index in [9.17, 15) is 14.8 Å². The van der Waals surface area contributed by atoms with Gasteiger partial charge in [-0.3, -0.25) is 14.8 Å². The molecule has 0 aromatic heterocycles. The van der Waals surface area contributed by atoms with Gasteiger partial charge in [-0.15, -0.1) is 23.2 Å². The topological polar surface area (TPSA) is 66.8 Å². The fourth-order valence-corrected chi connectivity index (χ4v) is 8.34. The van der Waals surface area contributed by atoms with Crippen molar-refractivity contribution >= 4 is 81.4 Å². The average Bonchev–Trinajstić information content (AvgIpc) is 3.21. The highest BCUT2D eigenvalue weighted by Gasteiger charge is 2.89. The number of carbonyl (C=O) groups excluding carboxylic acids is 2. The van der Waals surface area contributed by atoms with Gasteiger partial charge in [0.1, 0.15) is 9.75 Å². The molecule has 4 bridgehead atoms. The summed E-state index contributed by atoms with van der Waals surface area (Å²) in [5.41, 5.74) is 0. The van der Waals surface area contributed by atoms with Crippen molar-refractivity contribution in [2.45, 2.75) is 26.3 Å². The van der Waals surface area contributed by atoms with Crippen LogP contribution in [0.4, 0.5) is 0 Å². The molecule has 3 aliphatic heterocycles. The second-order valence-corrected chi connectivity index (χ2v) is 10.1. The number of imide groups is 1. The third-order valence-corrected chi connectivity index (χ3v) is 10.4. The summed E-state index contributed by atoms with van der Waals surface area (Å²) in [6, 6.07) is 0. The summed E-state index contributed by atoms with van der Waals surface area (Å²) in [4.78, 5) is 21.4. The molecule has 0 radical (unpaired) electrons. The third-order valence-electron chi connectivity index (χ3n) is 6.16. The lowest BCUT2D eigenvalue weighted by Crippen LogP contribution is -2.50. The van der Waals surface area contributed by atoms with Gasteiger partial charge in [-0.05, 0) is 0 Å². The first-order valence-electron chi connectivity index (χ1n) is 7.07. The van der Waals surface area contributed by atoms with Crippen LogP contribution in [0.1, 0.15) is 0 Å². The highest BCUT2D eigenvalue weighted by molar-refractivity contribution is 6.65. The number of carbonyl (C=O) groups is 2. The summed E-state index contributed by atoms with van der Waals surface area (Å²) < 4.78 is 4.15. The molecule has 1 N–H and O–H groups in total. The summed E-state index contributed by atoms with van der Waals surface area (Å²) in [6.07, 6.45) is -1.57. The van der Waals surface area contributed by atoms with Crippen LogP contribution in [0.25, 0.3) is 0 Å². The zero-order valence-corrected chi connectivity index (χ0v) is 15.9. The van der Waals surface area contributed by atoms with Crippen LogP contribution in [-0.2, 0) is 14.3 Å². The van der Waals surface area contributed by atoms with Gasteiger partial charge in [0.2, 0.25) is 0 Å². The van der Waals surface area contributed by atoms with E-state index >= 15 is 0 Å². The Morgan fingerprint density at radius 3 is 1.62 bits per heavy atom. The number of fused-ring (bicyclic) bond motifs is 12. The van der Waals surface area contributed by atoms with Crippen LogP contribution < -0.4 is 0 Å². The maximum absolute atomic E-state index is 12.2. The quantitative estimate of drug-likeness (QED) is 0.348. The lowest BCUT2D eigenvalue weighted by atomic mass is 9.65. The second-order valence-electron chi connectivity index (χ2n) is 6.78. The van der Waals surface area contributed by atoms with Gasteiger partial charge in [0, 0.05) is 11.8 Å². The monoisotopic (exact) mass is 451 g/mol. The minimum Gasteiger partial charge on any atom is -0.373 e. The van der Waals surface area contributed by atoms with Crippen molar-refractivity contribution in [3.8, 4) is 0 Å². The van der Waals surface area contributed by atoms with Crippen LogP contribution >= 0.6 is 69.6 Å². The van der Waals surface area contributed by atoms with Gasteiger partial charge in [0.15, 0.2) is 4.33 Å². The van der Waals surface area contributed by atoms with Crippen molar-refractivity contribution in [2.24, 2.45) is 23.7 Å². The largest absolute Gasteiger partial charge is 0.373 e. The molecule has 0 aromatic rings. The first-order valence-corrected chi connectivity index (χ1v) is 9.33. The van der Waals surface area contributed by atoms with Gasteiger partial charge >= 0.3 is 0 Å². The number of nitrogens with zero attached hydrogens (tertiary/aromatic N) is 1. The average molecular weight is 454 g/mol. The number of amides is 2. The molecule has 5 nitrogen and oxygen atoms in total. The Hall–Kier alpha value is 0.540. The van der Waals surface area contributed by atoms with Gasteiger partial charge in [-0.1, -0.05) is 46.4 Å². The van der Waals surface area contributed by atoms with Gasteiger partial charge in [-0.25, -0.2) is 0 Å². The van der Waals surface area contributed by atoms with E-state index in [1.165, 1.54) is 0 Å². The number of hydrogen-bond donors (Lipinski definition) is 1. The normalized spacial score (nSPS) is 56.5. The van der Waals surface area contributed by atoms with Crippen molar-refractivity contribution in [1.29, 1.82) is 0 Å². The van der Waals surface area contributed by atoms with Gasteiger partial charge < -0.3 is 4.74 Å². The highest BCUT2D eigenvalue weighted by Crippen LogP contribution is 2.81. The summed E-state index contributed by atoms with van der Waals surface area (Å²) >= 11 is 39.2. The molecule has 8 unspecified atom stereocenters. The predicted molar refractivity (Wildman–Crippen MR) is 86.6 cm³/mol. The summed E-state index contributed by atoms with van der Waals surface area (Å²) in [7, 11) is 0. The lowest BCUT2D eigenvalue weighted by Gasteiger charge is -2.39. The van der Waals surface area contributed by atoms with Crippen molar-refractivity contribution in [2.75, 3.05) is 0 Å². The molecule has 2 amide bonds. The Morgan fingerprint density at radius 1 is 0.875 bits per heavy atom. The molecule has 130 valence electrons. The molecule has 2 aliphatic carbocycles. The van der Waals surface area contributed by atoms with E-state index in [2.05, 4.69) is 0 Å². The molecular weight excluding hydrogens is 447 g/mol. The number of hydrogen-bond acceptors (Lipinski definition) is 4. The number of allylic oxidation sites excluding steroid dienone is 2. The summed E-state index contributed by atoms with van der Waals surface area (Å²) in [6.45, 7) is 0. The van der Waals surface area contributed by atoms with Crippen molar-refractivity contribution in [1.82, 2.24) is 5.06 Å². The van der Waals surface area contributed by atoms with Crippen LogP contribution in [0, 0.1) is 23.7 Å². The SMILES string of the molecule is O=C1C2C3OC(C2C(=O)N1O)C1C3C2(Cl)C(Cl)=C(Cl)C1(Cl)C2(Cl)Cl. The molecular formula is C13H7Cl6NO4. The van der Waals surface area contributed by atoms with Crippen LogP contribution in [0.5, 0.6) is 0 Å². The van der Waals surface area contributed by atoms with Crippen molar-refractivity contribution in [3.63, 3.8) is 0 Å². The van der Waals surface area contributed by atoms with Crippen LogP contribution in [0.15, 0.2) is 10.1 Å². The first kappa shape index (κ1) is 16.7. The predicted octanol–water partition coefficient (Wildman–Crippen LogP) is 2.84. The van der Waals surface area contributed by atoms with Crippen LogP contribution in [0.3, 0.4) is 0 Å². The minimum absolute atomic E-state index is 0.0254. The van der Waals surface area contributed by atoms with E-state index in [0.717, 1.165) is 0 Å². The smallest absolute Gasteiger partial charge is 0.259 e. The van der Waals surface area contributed by atoms with E-state index in [1.807, 2.05) is 0 Å². The van der Waals surface area contributed by atoms with E-state index in [0.29, 0.717) is 0 Å². The Morgan fingerprint density at radius 2 is 1.25 bits per heavy atom. The molecule has 24 heavy (non-hydrogen) atoms. The molecule has 3 heterocycles. The number of alkyl halides is 4. The third kappa shape index (κ3) is 1.28. The fourth-order valence-electron chi connectivity index (χ4n) is 5.28. The van der Waals surface area contributed by atoms with Crippen molar-refractivity contribution < 1.29 is 19.5 Å². The lowest BCUT2D eigenvalue weighted by molar-refractivity contribution is -0.176. The Labute approximate surface area is 165 Å². The van der Waals surface area contributed by atoms with Crippen molar-refractivity contribution in [3.05, 3.63) is 10.1 Å². The van der Waals surface area contributed by atoms with E-state index in [1.54, 1.807) is 0 Å². The highest BCUT2D eigenvalue weighted by atomic mass is 35.5. The number of hydroxylamine groups is 2. The van der Waals surface area contributed by atoms with Crippen LogP contribution in [-0.4, -0.2) is 48.4 Å². The first-order chi connectivity index (χ1) is 11.0. The molecule has 5 rings (SSSR count). The molecule has 0 spiro atoms. The van der Waals surface area contributed by atoms with Crippen LogP contribution in [0.2, 0.25) is 0 Å². The summed E-state index contributed by atoms with van der Waals surface area (Å²) in [5, 5.41) is 9.86. The molecule has 5 aliphatic rings. The minimum atomic E-state index is -1.74. The number of halogens is 6. The second kappa shape index (κ2) is 4.33. The maximum atomic E-state index is 12.2. The Bertz CT molecular complexity index is 714. The van der Waals surface area contributed by atoms with E-state index in [-0.39, 0.29) is 15.1 Å². The maximum Gasteiger partial charge on any atom is 0.259 e. The summed E-state index contributed by atoms with van der Waals surface area (Å²) in [5.74, 6) is -4.42. The number of rotatable bonds is 0. The van der Waals surface area contributed by atoms with Gasteiger partial charge in [0.25, 0.3) is 11.8 Å². The molecule has 1 saturated carbocycles. The van der Waals surface area contributed by atoms with Gasteiger partial charge in [-0.2, -0.15) is 5.06 Å². The molecule has 3 saturated heterocycles. The zero-order valence-electron chi connectivity index (χ0n) is 11.4. The molecule has 8 atom stereocenters. The molecule has 0 aromatic carbocycles. The van der Waals surface area contributed by atoms with Gasteiger partial charge in [0.05, 0.1) is 34.1 Å². The Balaban J connectivity index is 1.73. The van der Waals surface area contributed by atoms with E-state index in [4.69, 9.17) is 74.3 Å². The fraction of sp³-hybridized carbons (Fsp3) is 0.692.